The first-order valence-electron chi connectivity index (χ1n) is 9.82. The largest absolute Gasteiger partial charge is 0.493 e. The zero-order valence-electron chi connectivity index (χ0n) is 17.3. The predicted octanol–water partition coefficient (Wildman–Crippen LogP) is 3.34. The van der Waals surface area contributed by atoms with Gasteiger partial charge in [-0.2, -0.15) is 0 Å². The lowest BCUT2D eigenvalue weighted by Crippen LogP contribution is -2.35. The van der Waals surface area contributed by atoms with Crippen LogP contribution < -0.4 is 14.8 Å². The third kappa shape index (κ3) is 6.96. The lowest BCUT2D eigenvalue weighted by molar-refractivity contribution is 0.0705. The van der Waals surface area contributed by atoms with Crippen LogP contribution in [0.25, 0.3) is 0 Å². The van der Waals surface area contributed by atoms with Gasteiger partial charge in [0, 0.05) is 25.2 Å². The van der Waals surface area contributed by atoms with Gasteiger partial charge in [-0.15, -0.1) is 0 Å². The average Bonchev–Trinajstić information content (AvgIpc) is 2.72. The molecule has 1 atom stereocenters. The van der Waals surface area contributed by atoms with E-state index in [-0.39, 0.29) is 18.7 Å². The van der Waals surface area contributed by atoms with Gasteiger partial charge in [-0.25, -0.2) is 8.78 Å². The second-order valence-corrected chi connectivity index (χ2v) is 6.74. The number of ether oxygens (including phenoxy) is 2. The molecule has 7 heteroatoms. The molecule has 29 heavy (non-hydrogen) atoms. The lowest BCUT2D eigenvalue weighted by Gasteiger charge is -2.22. The molecule has 0 amide bonds. The fourth-order valence-electron chi connectivity index (χ4n) is 3.00. The van der Waals surface area contributed by atoms with Crippen LogP contribution in [0.3, 0.4) is 0 Å². The zero-order chi connectivity index (χ0) is 21.2. The quantitative estimate of drug-likeness (QED) is 0.564. The van der Waals surface area contributed by atoms with Crippen molar-refractivity contribution in [3.63, 3.8) is 0 Å². The number of methoxy groups -OCH3 is 1. The van der Waals surface area contributed by atoms with Gasteiger partial charge in [-0.05, 0) is 42.9 Å². The van der Waals surface area contributed by atoms with Gasteiger partial charge in [-0.1, -0.05) is 26.0 Å². The Kier molecular flexibility index (Phi) is 9.31. The van der Waals surface area contributed by atoms with Crippen LogP contribution >= 0.6 is 0 Å². The maximum absolute atomic E-state index is 13.7. The van der Waals surface area contributed by atoms with Gasteiger partial charge in [0.1, 0.15) is 24.3 Å². The number of aliphatic hydroxyl groups excluding tert-OH is 1. The summed E-state index contributed by atoms with van der Waals surface area (Å²) in [6, 6.07) is 9.24. The van der Waals surface area contributed by atoms with Gasteiger partial charge < -0.3 is 24.8 Å². The maximum atomic E-state index is 13.7. The number of likely N-dealkylation sites (N-methyl/N-ethyl adjacent to an activating group) is 1. The summed E-state index contributed by atoms with van der Waals surface area (Å²) in [6.45, 7) is 6.96. The minimum atomic E-state index is -0.620. The number of benzene rings is 2. The minimum Gasteiger partial charge on any atom is -0.493 e. The van der Waals surface area contributed by atoms with Crippen molar-refractivity contribution in [3.05, 3.63) is 59.2 Å². The van der Waals surface area contributed by atoms with Gasteiger partial charge >= 0.3 is 0 Å². The van der Waals surface area contributed by atoms with E-state index in [1.807, 2.05) is 19.9 Å². The summed E-state index contributed by atoms with van der Waals surface area (Å²) in [5, 5.41) is 13.2. The molecule has 0 saturated heterocycles. The molecule has 2 rings (SSSR count). The van der Waals surface area contributed by atoms with Crippen LogP contribution in [-0.4, -0.2) is 49.5 Å². The molecule has 0 aliphatic carbocycles. The lowest BCUT2D eigenvalue weighted by atomic mass is 10.1. The van der Waals surface area contributed by atoms with Crippen LogP contribution in [0.5, 0.6) is 11.5 Å². The van der Waals surface area contributed by atoms with Crippen LogP contribution in [0.1, 0.15) is 25.0 Å². The summed E-state index contributed by atoms with van der Waals surface area (Å²) in [4.78, 5) is 2.12. The van der Waals surface area contributed by atoms with E-state index in [0.29, 0.717) is 24.6 Å². The molecule has 0 unspecified atom stereocenters. The molecule has 0 radical (unpaired) electrons. The van der Waals surface area contributed by atoms with Gasteiger partial charge in [0.05, 0.1) is 7.11 Å². The molecule has 0 saturated carbocycles. The van der Waals surface area contributed by atoms with Crippen molar-refractivity contribution in [2.24, 2.45) is 0 Å². The Balaban J connectivity index is 1.95. The Morgan fingerprint density at radius 1 is 1.03 bits per heavy atom. The summed E-state index contributed by atoms with van der Waals surface area (Å²) in [6.07, 6.45) is -0.620. The maximum Gasteiger partial charge on any atom is 0.161 e. The van der Waals surface area contributed by atoms with Gasteiger partial charge in [0.25, 0.3) is 0 Å². The Morgan fingerprint density at radius 2 is 1.72 bits per heavy atom. The van der Waals surface area contributed by atoms with Gasteiger partial charge in [0.2, 0.25) is 0 Å². The smallest absolute Gasteiger partial charge is 0.161 e. The van der Waals surface area contributed by atoms with E-state index < -0.39 is 17.7 Å². The van der Waals surface area contributed by atoms with Gasteiger partial charge in [-0.3, -0.25) is 0 Å². The van der Waals surface area contributed by atoms with E-state index in [2.05, 4.69) is 10.2 Å². The molecule has 0 fully saturated rings. The molecule has 0 aliphatic rings. The number of nitrogens with one attached hydrogen (secondary N) is 1. The number of hydrogen-bond donors (Lipinski definition) is 2. The molecule has 0 spiro atoms. The summed E-state index contributed by atoms with van der Waals surface area (Å²) < 4.78 is 38.5. The molecule has 0 aromatic heterocycles. The number of rotatable bonds is 12. The second kappa shape index (κ2) is 11.7. The van der Waals surface area contributed by atoms with Crippen molar-refractivity contribution in [2.75, 3.05) is 33.4 Å². The van der Waals surface area contributed by atoms with Crippen molar-refractivity contribution >= 4 is 0 Å². The Bertz CT molecular complexity index is 749. The Morgan fingerprint density at radius 3 is 2.34 bits per heavy atom. The standard InChI is InChI=1S/C22H30F2N2O3/c1-4-26(5-2)14-17(27)15-29-22-11-16(9-10-21(22)28-3)12-25-13-18-19(23)7-6-8-20(18)24/h6-11,17,25,27H,4-5,12-15H2,1-3H3/t17-/m0/s1. The highest BCUT2D eigenvalue weighted by molar-refractivity contribution is 5.43. The highest BCUT2D eigenvalue weighted by Gasteiger charge is 2.13. The first-order valence-corrected chi connectivity index (χ1v) is 9.82. The Labute approximate surface area is 171 Å². The third-order valence-corrected chi connectivity index (χ3v) is 4.72. The molecule has 5 nitrogen and oxygen atoms in total. The summed E-state index contributed by atoms with van der Waals surface area (Å²) >= 11 is 0. The number of hydrogen-bond acceptors (Lipinski definition) is 5. The highest BCUT2D eigenvalue weighted by Crippen LogP contribution is 2.28. The third-order valence-electron chi connectivity index (χ3n) is 4.72. The van der Waals surface area contributed by atoms with Crippen molar-refractivity contribution in [2.45, 2.75) is 33.0 Å². The molecule has 160 valence electrons. The molecule has 2 aromatic rings. The fourth-order valence-corrected chi connectivity index (χ4v) is 3.00. The van der Waals surface area contributed by atoms with E-state index >= 15 is 0 Å². The van der Waals surface area contributed by atoms with Crippen LogP contribution in [0.2, 0.25) is 0 Å². The van der Waals surface area contributed by atoms with E-state index in [1.54, 1.807) is 19.2 Å². The monoisotopic (exact) mass is 408 g/mol. The van der Waals surface area contributed by atoms with Crippen molar-refractivity contribution in [1.82, 2.24) is 10.2 Å². The molecule has 0 aliphatic heterocycles. The number of aliphatic hydroxyl groups is 1. The highest BCUT2D eigenvalue weighted by atomic mass is 19.1. The van der Waals surface area contributed by atoms with Crippen LogP contribution in [0.4, 0.5) is 8.78 Å². The molecule has 0 heterocycles. The van der Waals surface area contributed by atoms with E-state index in [9.17, 15) is 13.9 Å². The average molecular weight is 408 g/mol. The fraction of sp³-hybridized carbons (Fsp3) is 0.455. The van der Waals surface area contributed by atoms with Crippen molar-refractivity contribution in [1.29, 1.82) is 0 Å². The van der Waals surface area contributed by atoms with Crippen LogP contribution in [-0.2, 0) is 13.1 Å². The molecule has 0 bridgehead atoms. The summed E-state index contributed by atoms with van der Waals surface area (Å²) in [5.74, 6) is -0.0664. The van der Waals surface area contributed by atoms with E-state index in [0.717, 1.165) is 18.7 Å². The molecular formula is C22H30F2N2O3. The number of halogens is 2. The van der Waals surface area contributed by atoms with Crippen LogP contribution in [0, 0.1) is 11.6 Å². The van der Waals surface area contributed by atoms with Crippen LogP contribution in [0.15, 0.2) is 36.4 Å². The first-order chi connectivity index (χ1) is 14.0. The number of nitrogens with zero attached hydrogens (tertiary/aromatic N) is 1. The molecule has 2 aromatic carbocycles. The Hall–Kier alpha value is -2.22. The van der Waals surface area contributed by atoms with E-state index in [4.69, 9.17) is 9.47 Å². The normalized spacial score (nSPS) is 12.2. The summed E-state index contributed by atoms with van der Waals surface area (Å²) in [5.41, 5.74) is 0.882. The molecular weight excluding hydrogens is 378 g/mol. The topological polar surface area (TPSA) is 54.0 Å². The minimum absolute atomic E-state index is 0.0111. The predicted molar refractivity (Wildman–Crippen MR) is 109 cm³/mol. The first kappa shape index (κ1) is 23.1. The van der Waals surface area contributed by atoms with E-state index in [1.165, 1.54) is 18.2 Å². The SMILES string of the molecule is CCN(CC)C[C@H](O)COc1cc(CNCc2c(F)cccc2F)ccc1OC. The second-order valence-electron chi connectivity index (χ2n) is 6.74. The van der Waals surface area contributed by atoms with Gasteiger partial charge in [0.15, 0.2) is 11.5 Å². The van der Waals surface area contributed by atoms with Crippen molar-refractivity contribution < 1.29 is 23.4 Å². The summed E-state index contributed by atoms with van der Waals surface area (Å²) in [7, 11) is 1.55. The molecule has 2 N–H and O–H groups in total. The zero-order valence-corrected chi connectivity index (χ0v) is 17.3. The van der Waals surface area contributed by atoms with Crippen molar-refractivity contribution in [3.8, 4) is 11.5 Å².